The van der Waals surface area contributed by atoms with Gasteiger partial charge in [-0.1, -0.05) is 13.3 Å². The standard InChI is InChI=1S/C13H19N3O3S/c1-3-8-4-5-14-9(6-8)11(17)15-12-10(13(18)19)7(2)16-20-12/h8-9,14H,3-6H2,1-2H3,(H,15,17)(H,18,19). The van der Waals surface area contributed by atoms with Gasteiger partial charge in [-0.25, -0.2) is 4.79 Å². The number of carbonyl (C=O) groups is 2. The molecule has 2 rings (SSSR count). The maximum absolute atomic E-state index is 12.2. The Balaban J connectivity index is 2.06. The Kier molecular flexibility index (Phi) is 4.72. The predicted molar refractivity (Wildman–Crippen MR) is 77.2 cm³/mol. The Morgan fingerprint density at radius 3 is 2.95 bits per heavy atom. The van der Waals surface area contributed by atoms with Crippen LogP contribution in [0.15, 0.2) is 0 Å². The monoisotopic (exact) mass is 297 g/mol. The van der Waals surface area contributed by atoms with E-state index in [0.29, 0.717) is 16.6 Å². The number of carboxylic acid groups (broad SMARTS) is 1. The van der Waals surface area contributed by atoms with Crippen molar-refractivity contribution in [2.24, 2.45) is 5.92 Å². The SMILES string of the molecule is CCC1CCNC(C(=O)Nc2snc(C)c2C(=O)O)C1. The summed E-state index contributed by atoms with van der Waals surface area (Å²) in [4.78, 5) is 23.4. The highest BCUT2D eigenvalue weighted by molar-refractivity contribution is 7.11. The molecule has 7 heteroatoms. The van der Waals surface area contributed by atoms with E-state index in [1.54, 1.807) is 6.92 Å². The summed E-state index contributed by atoms with van der Waals surface area (Å²) in [6, 6.07) is -0.252. The molecule has 2 heterocycles. The van der Waals surface area contributed by atoms with Crippen molar-refractivity contribution in [3.05, 3.63) is 11.3 Å². The molecule has 0 bridgehead atoms. The van der Waals surface area contributed by atoms with Gasteiger partial charge in [0.1, 0.15) is 10.6 Å². The maximum Gasteiger partial charge on any atom is 0.340 e. The van der Waals surface area contributed by atoms with Crippen LogP contribution in [0.5, 0.6) is 0 Å². The lowest BCUT2D eigenvalue weighted by atomic mass is 9.90. The quantitative estimate of drug-likeness (QED) is 0.789. The first kappa shape index (κ1) is 14.9. The summed E-state index contributed by atoms with van der Waals surface area (Å²) >= 11 is 1.01. The second-order valence-electron chi connectivity index (χ2n) is 5.07. The first-order chi connectivity index (χ1) is 9.52. The van der Waals surface area contributed by atoms with Gasteiger partial charge in [0.25, 0.3) is 0 Å². The number of aryl methyl sites for hydroxylation is 1. The molecule has 1 saturated heterocycles. The van der Waals surface area contributed by atoms with Crippen LogP contribution in [0.2, 0.25) is 0 Å². The molecule has 20 heavy (non-hydrogen) atoms. The molecule has 1 aliphatic rings. The second kappa shape index (κ2) is 6.32. The Labute approximate surface area is 121 Å². The number of carbonyl (C=O) groups excluding carboxylic acids is 1. The predicted octanol–water partition coefficient (Wildman–Crippen LogP) is 1.87. The minimum atomic E-state index is -1.06. The summed E-state index contributed by atoms with van der Waals surface area (Å²) in [6.07, 6.45) is 2.94. The van der Waals surface area contributed by atoms with Crippen molar-refractivity contribution < 1.29 is 14.7 Å². The third-order valence-corrected chi connectivity index (χ3v) is 4.57. The summed E-state index contributed by atoms with van der Waals surface area (Å²) in [5.74, 6) is -0.682. The van der Waals surface area contributed by atoms with Crippen LogP contribution in [0.25, 0.3) is 0 Å². The molecule has 110 valence electrons. The van der Waals surface area contributed by atoms with E-state index in [1.165, 1.54) is 0 Å². The summed E-state index contributed by atoms with van der Waals surface area (Å²) in [5.41, 5.74) is 0.520. The third kappa shape index (κ3) is 3.16. The highest BCUT2D eigenvalue weighted by Gasteiger charge is 2.28. The van der Waals surface area contributed by atoms with Crippen molar-refractivity contribution in [3.8, 4) is 0 Å². The van der Waals surface area contributed by atoms with Crippen molar-refractivity contribution in [1.29, 1.82) is 0 Å². The largest absolute Gasteiger partial charge is 0.478 e. The molecule has 0 aromatic carbocycles. The van der Waals surface area contributed by atoms with Gasteiger partial charge < -0.3 is 15.7 Å². The smallest absolute Gasteiger partial charge is 0.340 e. The van der Waals surface area contributed by atoms with E-state index in [0.717, 1.165) is 37.3 Å². The van der Waals surface area contributed by atoms with Gasteiger partial charge in [-0.05, 0) is 43.8 Å². The lowest BCUT2D eigenvalue weighted by Gasteiger charge is -2.28. The number of nitrogens with one attached hydrogen (secondary N) is 2. The molecule has 0 spiro atoms. The number of anilines is 1. The molecule has 2 atom stereocenters. The molecule has 1 amide bonds. The average Bonchev–Trinajstić information content (AvgIpc) is 2.79. The fraction of sp³-hybridized carbons (Fsp3) is 0.615. The Morgan fingerprint density at radius 2 is 2.30 bits per heavy atom. The van der Waals surface area contributed by atoms with Crippen molar-refractivity contribution in [2.45, 2.75) is 39.2 Å². The molecule has 1 aromatic heterocycles. The normalized spacial score (nSPS) is 22.5. The van der Waals surface area contributed by atoms with E-state index in [-0.39, 0.29) is 17.5 Å². The van der Waals surface area contributed by atoms with Crippen LogP contribution in [-0.4, -0.2) is 33.9 Å². The van der Waals surface area contributed by atoms with E-state index in [9.17, 15) is 9.59 Å². The van der Waals surface area contributed by atoms with E-state index in [1.807, 2.05) is 0 Å². The zero-order valence-electron chi connectivity index (χ0n) is 11.6. The van der Waals surface area contributed by atoms with Crippen LogP contribution in [0, 0.1) is 12.8 Å². The van der Waals surface area contributed by atoms with Crippen LogP contribution in [-0.2, 0) is 4.79 Å². The Morgan fingerprint density at radius 1 is 1.55 bits per heavy atom. The Bertz CT molecular complexity index is 515. The highest BCUT2D eigenvalue weighted by atomic mass is 32.1. The van der Waals surface area contributed by atoms with E-state index in [4.69, 9.17) is 5.11 Å². The fourth-order valence-electron chi connectivity index (χ4n) is 2.47. The maximum atomic E-state index is 12.2. The minimum absolute atomic E-state index is 0.0891. The average molecular weight is 297 g/mol. The van der Waals surface area contributed by atoms with Crippen molar-refractivity contribution >= 4 is 28.4 Å². The topological polar surface area (TPSA) is 91.3 Å². The van der Waals surface area contributed by atoms with Crippen LogP contribution in [0.3, 0.4) is 0 Å². The van der Waals surface area contributed by atoms with Gasteiger partial charge in [-0.2, -0.15) is 4.37 Å². The molecule has 3 N–H and O–H groups in total. The number of carboxylic acids is 1. The summed E-state index contributed by atoms with van der Waals surface area (Å²) in [5, 5.41) is 15.3. The molecule has 0 saturated carbocycles. The first-order valence-corrected chi connectivity index (χ1v) is 7.54. The molecule has 1 fully saturated rings. The lowest BCUT2D eigenvalue weighted by molar-refractivity contribution is -0.119. The molecular weight excluding hydrogens is 278 g/mol. The van der Waals surface area contributed by atoms with Crippen LogP contribution in [0.4, 0.5) is 5.00 Å². The lowest BCUT2D eigenvalue weighted by Crippen LogP contribution is -2.46. The van der Waals surface area contributed by atoms with E-state index >= 15 is 0 Å². The molecular formula is C13H19N3O3S. The molecule has 6 nitrogen and oxygen atoms in total. The van der Waals surface area contributed by atoms with Crippen LogP contribution >= 0.6 is 11.5 Å². The molecule has 2 unspecified atom stereocenters. The van der Waals surface area contributed by atoms with Crippen LogP contribution < -0.4 is 10.6 Å². The molecule has 1 aliphatic heterocycles. The number of aromatic nitrogens is 1. The third-order valence-electron chi connectivity index (χ3n) is 3.72. The van der Waals surface area contributed by atoms with Gasteiger partial charge in [0.05, 0.1) is 11.7 Å². The van der Waals surface area contributed by atoms with Gasteiger partial charge in [0.15, 0.2) is 0 Å². The first-order valence-electron chi connectivity index (χ1n) is 6.76. The molecule has 0 aliphatic carbocycles. The second-order valence-corrected chi connectivity index (χ2v) is 5.85. The molecule has 1 aromatic rings. The number of piperidine rings is 1. The van der Waals surface area contributed by atoms with E-state index < -0.39 is 5.97 Å². The number of hydrogen-bond acceptors (Lipinski definition) is 5. The number of amides is 1. The van der Waals surface area contributed by atoms with E-state index in [2.05, 4.69) is 21.9 Å². The number of aromatic carboxylic acids is 1. The fourth-order valence-corrected chi connectivity index (χ4v) is 3.26. The minimum Gasteiger partial charge on any atom is -0.478 e. The van der Waals surface area contributed by atoms with Gasteiger partial charge >= 0.3 is 5.97 Å². The highest BCUT2D eigenvalue weighted by Crippen LogP contribution is 2.26. The van der Waals surface area contributed by atoms with Crippen LogP contribution in [0.1, 0.15) is 42.2 Å². The zero-order valence-corrected chi connectivity index (χ0v) is 12.4. The van der Waals surface area contributed by atoms with Crippen molar-refractivity contribution in [3.63, 3.8) is 0 Å². The van der Waals surface area contributed by atoms with Gasteiger partial charge in [0, 0.05) is 0 Å². The van der Waals surface area contributed by atoms with Crippen molar-refractivity contribution in [2.75, 3.05) is 11.9 Å². The zero-order chi connectivity index (χ0) is 14.7. The summed E-state index contributed by atoms with van der Waals surface area (Å²) in [6.45, 7) is 4.58. The number of nitrogens with zero attached hydrogens (tertiary/aromatic N) is 1. The summed E-state index contributed by atoms with van der Waals surface area (Å²) in [7, 11) is 0. The van der Waals surface area contributed by atoms with Crippen molar-refractivity contribution in [1.82, 2.24) is 9.69 Å². The molecule has 0 radical (unpaired) electrons. The summed E-state index contributed by atoms with van der Waals surface area (Å²) < 4.78 is 3.99. The number of rotatable bonds is 4. The van der Waals surface area contributed by atoms with Gasteiger partial charge in [-0.15, -0.1) is 0 Å². The Hall–Kier alpha value is -1.47. The van der Waals surface area contributed by atoms with Gasteiger partial charge in [-0.3, -0.25) is 4.79 Å². The number of hydrogen-bond donors (Lipinski definition) is 3. The van der Waals surface area contributed by atoms with Gasteiger partial charge in [0.2, 0.25) is 5.91 Å².